The van der Waals surface area contributed by atoms with Crippen LogP contribution < -0.4 is 9.47 Å². The summed E-state index contributed by atoms with van der Waals surface area (Å²) < 4.78 is 40.5. The average Bonchev–Trinajstić information content (AvgIpc) is 3.51. The molecule has 0 radical (unpaired) electrons. The Morgan fingerprint density at radius 1 is 1.00 bits per heavy atom. The van der Waals surface area contributed by atoms with Crippen molar-refractivity contribution in [1.29, 1.82) is 0 Å². The molecule has 0 bridgehead atoms. The highest BCUT2D eigenvalue weighted by molar-refractivity contribution is 7.91. The molecule has 0 aliphatic heterocycles. The summed E-state index contributed by atoms with van der Waals surface area (Å²) in [6.07, 6.45) is 3.07. The van der Waals surface area contributed by atoms with Crippen molar-refractivity contribution in [3.63, 3.8) is 0 Å². The van der Waals surface area contributed by atoms with Crippen LogP contribution in [0.25, 0.3) is 5.69 Å². The molecule has 0 unspecified atom stereocenters. The van der Waals surface area contributed by atoms with Crippen LogP contribution in [0, 0.1) is 0 Å². The minimum Gasteiger partial charge on any atom is -0.494 e. The van der Waals surface area contributed by atoms with Crippen LogP contribution in [0.15, 0.2) is 54.9 Å². The number of fused-ring (bicyclic) bond motifs is 1. The number of methoxy groups -OCH3 is 2. The number of benzene rings is 2. The second-order valence-electron chi connectivity index (χ2n) is 9.65. The SMILES string of the molecule is COc1cccc(OC)c1-n1c(CS(=O)(=O)[C@@H](C)[C@H](C)c2ncc(Cl)cn2)nnc1[C@@H]1CC(=O)c2ccccc21. The number of carbonyl (C=O) groups excluding carboxylic acids is 1. The Morgan fingerprint density at radius 3 is 2.30 bits per heavy atom. The third-order valence-electron chi connectivity index (χ3n) is 7.37. The first kappa shape index (κ1) is 27.7. The van der Waals surface area contributed by atoms with Crippen LogP contribution in [0.5, 0.6) is 11.5 Å². The molecule has 1 aliphatic carbocycles. The molecular weight excluding hydrogens is 554 g/mol. The first-order valence-corrected chi connectivity index (χ1v) is 14.7. The maximum Gasteiger partial charge on any atom is 0.164 e. The molecule has 3 atom stereocenters. The highest BCUT2D eigenvalue weighted by atomic mass is 35.5. The fourth-order valence-electron chi connectivity index (χ4n) is 5.03. The topological polar surface area (TPSA) is 126 Å². The van der Waals surface area contributed by atoms with Gasteiger partial charge in [-0.1, -0.05) is 48.9 Å². The van der Waals surface area contributed by atoms with Crippen molar-refractivity contribution in [2.45, 2.75) is 43.1 Å². The van der Waals surface area contributed by atoms with Gasteiger partial charge in [0.2, 0.25) is 0 Å². The van der Waals surface area contributed by atoms with Crippen molar-refractivity contribution in [3.8, 4) is 17.2 Å². The smallest absolute Gasteiger partial charge is 0.164 e. The number of carbonyl (C=O) groups is 1. The summed E-state index contributed by atoms with van der Waals surface area (Å²) in [7, 11) is -0.773. The molecule has 0 N–H and O–H groups in total. The zero-order valence-corrected chi connectivity index (χ0v) is 24.0. The van der Waals surface area contributed by atoms with E-state index in [0.717, 1.165) is 5.56 Å². The number of hydrogen-bond acceptors (Lipinski definition) is 9. The van der Waals surface area contributed by atoms with E-state index in [4.69, 9.17) is 21.1 Å². The van der Waals surface area contributed by atoms with E-state index in [1.807, 2.05) is 18.2 Å². The maximum absolute atomic E-state index is 13.8. The molecule has 2 heterocycles. The summed E-state index contributed by atoms with van der Waals surface area (Å²) >= 11 is 5.91. The van der Waals surface area contributed by atoms with Gasteiger partial charge < -0.3 is 9.47 Å². The summed E-state index contributed by atoms with van der Waals surface area (Å²) in [5.41, 5.74) is 1.89. The number of hydrogen-bond donors (Lipinski definition) is 0. The maximum atomic E-state index is 13.8. The van der Waals surface area contributed by atoms with Gasteiger partial charge in [0.1, 0.15) is 34.6 Å². The number of para-hydroxylation sites is 1. The van der Waals surface area contributed by atoms with Crippen LogP contribution >= 0.6 is 11.6 Å². The van der Waals surface area contributed by atoms with Crippen molar-refractivity contribution < 1.29 is 22.7 Å². The van der Waals surface area contributed by atoms with Gasteiger partial charge in [0.15, 0.2) is 21.4 Å². The van der Waals surface area contributed by atoms with Gasteiger partial charge in [0.25, 0.3) is 0 Å². The third-order valence-corrected chi connectivity index (χ3v) is 9.76. The predicted molar refractivity (Wildman–Crippen MR) is 149 cm³/mol. The number of Topliss-reactive ketones (excluding diaryl/α,β-unsaturated/α-hetero) is 1. The molecule has 2 aromatic carbocycles. The monoisotopic (exact) mass is 581 g/mol. The van der Waals surface area contributed by atoms with Gasteiger partial charge in [-0.25, -0.2) is 18.4 Å². The van der Waals surface area contributed by atoms with Crippen LogP contribution in [0.2, 0.25) is 5.02 Å². The van der Waals surface area contributed by atoms with E-state index >= 15 is 0 Å². The van der Waals surface area contributed by atoms with Gasteiger partial charge in [-0.2, -0.15) is 0 Å². The number of sulfone groups is 1. The lowest BCUT2D eigenvalue weighted by molar-refractivity contribution is 0.0990. The van der Waals surface area contributed by atoms with Crippen molar-refractivity contribution in [2.24, 2.45) is 0 Å². The molecule has 12 heteroatoms. The molecule has 40 heavy (non-hydrogen) atoms. The Bertz CT molecular complexity index is 1650. The minimum absolute atomic E-state index is 0.0123. The van der Waals surface area contributed by atoms with Crippen LogP contribution in [0.3, 0.4) is 0 Å². The second-order valence-corrected chi connectivity index (χ2v) is 12.4. The number of rotatable bonds is 9. The summed E-state index contributed by atoms with van der Waals surface area (Å²) in [6, 6.07) is 12.6. The number of aromatic nitrogens is 5. The molecule has 1 aliphatic rings. The van der Waals surface area contributed by atoms with Gasteiger partial charge in [0, 0.05) is 30.3 Å². The molecule has 5 rings (SSSR count). The lowest BCUT2D eigenvalue weighted by Gasteiger charge is -2.21. The highest BCUT2D eigenvalue weighted by Crippen LogP contribution is 2.42. The van der Waals surface area contributed by atoms with E-state index in [1.165, 1.54) is 26.6 Å². The average molecular weight is 582 g/mol. The fraction of sp³-hybridized carbons (Fsp3) is 0.321. The van der Waals surface area contributed by atoms with Crippen molar-refractivity contribution >= 4 is 27.2 Å². The zero-order chi connectivity index (χ0) is 28.6. The molecule has 0 saturated carbocycles. The van der Waals surface area contributed by atoms with Crippen molar-refractivity contribution in [1.82, 2.24) is 24.7 Å². The standard InChI is InChI=1S/C28H28ClN5O5S/c1-16(27-30-13-18(29)14-31-27)17(2)40(36,37)15-25-32-33-28(21-12-22(35)20-9-6-5-8-19(20)21)34(25)26-23(38-3)10-7-11-24(26)39-4/h5-11,13-14,16-17,21H,12,15H2,1-4H3/t16-,17-,21+/m0/s1. The molecule has 10 nitrogen and oxygen atoms in total. The van der Waals surface area contributed by atoms with Crippen LogP contribution in [-0.2, 0) is 15.6 Å². The largest absolute Gasteiger partial charge is 0.494 e. The number of halogens is 1. The lowest BCUT2D eigenvalue weighted by Crippen LogP contribution is -2.27. The molecule has 2 aromatic heterocycles. The molecule has 0 saturated heterocycles. The first-order chi connectivity index (χ1) is 19.2. The van der Waals surface area contributed by atoms with Crippen LogP contribution in [0.1, 0.15) is 65.5 Å². The summed E-state index contributed by atoms with van der Waals surface area (Å²) in [6.45, 7) is 3.38. The van der Waals surface area contributed by atoms with E-state index < -0.39 is 32.7 Å². The van der Waals surface area contributed by atoms with E-state index in [9.17, 15) is 13.2 Å². The summed E-state index contributed by atoms with van der Waals surface area (Å²) in [4.78, 5) is 21.3. The first-order valence-electron chi connectivity index (χ1n) is 12.6. The normalized spacial score (nSPS) is 16.4. The van der Waals surface area contributed by atoms with Gasteiger partial charge >= 0.3 is 0 Å². The molecular formula is C28H28ClN5O5S. The highest BCUT2D eigenvalue weighted by Gasteiger charge is 2.37. The van der Waals surface area contributed by atoms with Crippen molar-refractivity contribution in [3.05, 3.63) is 88.5 Å². The Kier molecular flexibility index (Phi) is 7.61. The molecule has 0 spiro atoms. The molecule has 0 amide bonds. The third kappa shape index (κ3) is 4.95. The van der Waals surface area contributed by atoms with Crippen LogP contribution in [0.4, 0.5) is 0 Å². The molecule has 4 aromatic rings. The zero-order valence-electron chi connectivity index (χ0n) is 22.4. The second kappa shape index (κ2) is 11.0. The number of nitrogens with zero attached hydrogens (tertiary/aromatic N) is 5. The van der Waals surface area contributed by atoms with Crippen molar-refractivity contribution in [2.75, 3.05) is 14.2 Å². The van der Waals surface area contributed by atoms with Gasteiger partial charge in [0.05, 0.1) is 30.4 Å². The van der Waals surface area contributed by atoms with Gasteiger partial charge in [-0.3, -0.25) is 9.36 Å². The molecule has 0 fully saturated rings. The molecule has 208 valence electrons. The Hall–Kier alpha value is -3.83. The number of ether oxygens (including phenoxy) is 2. The Labute approximate surface area is 237 Å². The minimum atomic E-state index is -3.81. The Balaban J connectivity index is 1.63. The van der Waals surface area contributed by atoms with Gasteiger partial charge in [-0.15, -0.1) is 10.2 Å². The summed E-state index contributed by atoms with van der Waals surface area (Å²) in [5, 5.41) is 8.33. The van der Waals surface area contributed by atoms with E-state index in [1.54, 1.807) is 42.7 Å². The summed E-state index contributed by atoms with van der Waals surface area (Å²) in [5.74, 6) is 0.456. The van der Waals surface area contributed by atoms with Crippen LogP contribution in [-0.4, -0.2) is 58.4 Å². The van der Waals surface area contributed by atoms with E-state index in [-0.39, 0.29) is 18.0 Å². The van der Waals surface area contributed by atoms with E-state index in [0.29, 0.717) is 39.4 Å². The Morgan fingerprint density at radius 2 is 1.65 bits per heavy atom. The number of ketones is 1. The fourth-order valence-corrected chi connectivity index (χ4v) is 6.68. The predicted octanol–water partition coefficient (Wildman–Crippen LogP) is 4.55. The quantitative estimate of drug-likeness (QED) is 0.280. The lowest BCUT2D eigenvalue weighted by atomic mass is 10.0. The van der Waals surface area contributed by atoms with E-state index in [2.05, 4.69) is 20.2 Å². The van der Waals surface area contributed by atoms with Gasteiger partial charge in [-0.05, 0) is 24.6 Å².